The smallest absolute Gasteiger partial charge is 0.308 e. The van der Waals surface area contributed by atoms with Gasteiger partial charge in [-0.2, -0.15) is 0 Å². The topological polar surface area (TPSA) is 83.8 Å². The van der Waals surface area contributed by atoms with Gasteiger partial charge in [-0.3, -0.25) is 9.59 Å². The Morgan fingerprint density at radius 2 is 1.65 bits per heavy atom. The zero-order valence-corrected chi connectivity index (χ0v) is 12.9. The highest BCUT2D eigenvalue weighted by molar-refractivity contribution is 5.69. The average Bonchev–Trinajstić information content (AvgIpc) is 2.29. The van der Waals surface area contributed by atoms with Gasteiger partial charge in [0.25, 0.3) is 0 Å². The lowest BCUT2D eigenvalue weighted by atomic mass is 9.89. The maximum atomic E-state index is 11.4. The molecule has 0 fully saturated rings. The molecule has 20 heavy (non-hydrogen) atoms. The van der Waals surface area contributed by atoms with Gasteiger partial charge in [0.2, 0.25) is 6.29 Å². The highest BCUT2D eigenvalue weighted by Crippen LogP contribution is 2.22. The van der Waals surface area contributed by atoms with Crippen LogP contribution in [0.2, 0.25) is 0 Å². The van der Waals surface area contributed by atoms with E-state index in [1.54, 1.807) is 0 Å². The number of carboxylic acids is 1. The third kappa shape index (κ3) is 13.3. The molecule has 0 aromatic rings. The van der Waals surface area contributed by atoms with Crippen molar-refractivity contribution < 1.29 is 24.5 Å². The van der Waals surface area contributed by atoms with E-state index in [1.807, 2.05) is 0 Å². The fraction of sp³-hybridized carbons (Fsp3) is 0.867. The number of carbonyl (C=O) groups excluding carboxylic acids is 1. The Bertz CT molecular complexity index is 293. The van der Waals surface area contributed by atoms with Crippen molar-refractivity contribution in [3.8, 4) is 0 Å². The fourth-order valence-corrected chi connectivity index (χ4v) is 1.79. The molecule has 0 rings (SSSR count). The second-order valence-electron chi connectivity index (χ2n) is 6.35. The first-order chi connectivity index (χ1) is 9.20. The van der Waals surface area contributed by atoms with Crippen molar-refractivity contribution in [1.29, 1.82) is 0 Å². The van der Waals surface area contributed by atoms with Crippen LogP contribution in [0.15, 0.2) is 0 Å². The predicted molar refractivity (Wildman–Crippen MR) is 76.1 cm³/mol. The van der Waals surface area contributed by atoms with E-state index in [-0.39, 0.29) is 18.3 Å². The first kappa shape index (κ1) is 18.9. The molecule has 0 aromatic heterocycles. The third-order valence-corrected chi connectivity index (χ3v) is 2.92. The molecule has 0 bridgehead atoms. The summed E-state index contributed by atoms with van der Waals surface area (Å²) in [7, 11) is 0. The summed E-state index contributed by atoms with van der Waals surface area (Å²) in [5.74, 6) is -1.32. The van der Waals surface area contributed by atoms with Crippen LogP contribution >= 0.6 is 0 Å². The SMILES string of the molecule is CC(C)(C)CCCCC(O)OC(=O)CCCCC(=O)O. The Kier molecular flexibility index (Phi) is 9.21. The minimum absolute atomic E-state index is 0.0582. The van der Waals surface area contributed by atoms with Gasteiger partial charge >= 0.3 is 11.9 Å². The van der Waals surface area contributed by atoms with Crippen LogP contribution in [0, 0.1) is 5.41 Å². The monoisotopic (exact) mass is 288 g/mol. The first-order valence-electron chi connectivity index (χ1n) is 7.30. The van der Waals surface area contributed by atoms with Crippen molar-refractivity contribution in [2.75, 3.05) is 0 Å². The van der Waals surface area contributed by atoms with Crippen molar-refractivity contribution in [3.05, 3.63) is 0 Å². The standard InChI is InChI=1S/C15H28O5/c1-15(2,3)11-7-6-10-14(19)20-13(18)9-5-4-8-12(16)17/h14,19H,4-11H2,1-3H3,(H,16,17). The summed E-state index contributed by atoms with van der Waals surface area (Å²) in [5, 5.41) is 18.0. The van der Waals surface area contributed by atoms with E-state index in [1.165, 1.54) is 0 Å². The van der Waals surface area contributed by atoms with Crippen LogP contribution in [0.3, 0.4) is 0 Å². The number of carbonyl (C=O) groups is 2. The Morgan fingerprint density at radius 3 is 2.20 bits per heavy atom. The van der Waals surface area contributed by atoms with Crippen LogP contribution in [0.5, 0.6) is 0 Å². The van der Waals surface area contributed by atoms with E-state index in [2.05, 4.69) is 20.8 Å². The van der Waals surface area contributed by atoms with Gasteiger partial charge in [0, 0.05) is 19.3 Å². The van der Waals surface area contributed by atoms with Crippen LogP contribution in [0.1, 0.15) is 72.1 Å². The number of aliphatic carboxylic acids is 1. The summed E-state index contributed by atoms with van der Waals surface area (Å²) in [6, 6.07) is 0. The van der Waals surface area contributed by atoms with Crippen molar-refractivity contribution in [2.24, 2.45) is 5.41 Å². The van der Waals surface area contributed by atoms with Gasteiger partial charge in [-0.1, -0.05) is 27.2 Å². The van der Waals surface area contributed by atoms with Gasteiger partial charge in [0.1, 0.15) is 0 Å². The molecule has 0 radical (unpaired) electrons. The van der Waals surface area contributed by atoms with Crippen LogP contribution < -0.4 is 0 Å². The third-order valence-electron chi connectivity index (χ3n) is 2.92. The van der Waals surface area contributed by atoms with Gasteiger partial charge < -0.3 is 14.9 Å². The number of carboxylic acid groups (broad SMARTS) is 1. The Hall–Kier alpha value is -1.10. The van der Waals surface area contributed by atoms with Crippen LogP contribution in [0.4, 0.5) is 0 Å². The number of ether oxygens (including phenoxy) is 1. The second-order valence-corrected chi connectivity index (χ2v) is 6.35. The van der Waals surface area contributed by atoms with E-state index < -0.39 is 18.2 Å². The number of aliphatic hydroxyl groups excluding tert-OH is 1. The molecule has 5 nitrogen and oxygen atoms in total. The van der Waals surface area contributed by atoms with Crippen molar-refractivity contribution in [3.63, 3.8) is 0 Å². The second kappa shape index (κ2) is 9.75. The van der Waals surface area contributed by atoms with E-state index in [4.69, 9.17) is 9.84 Å². The van der Waals surface area contributed by atoms with Gasteiger partial charge in [-0.05, 0) is 31.1 Å². The lowest BCUT2D eigenvalue weighted by Gasteiger charge is -2.18. The molecule has 0 spiro atoms. The average molecular weight is 288 g/mol. The van der Waals surface area contributed by atoms with E-state index in [0.29, 0.717) is 19.3 Å². The first-order valence-corrected chi connectivity index (χ1v) is 7.30. The quantitative estimate of drug-likeness (QED) is 0.366. The molecule has 1 unspecified atom stereocenters. The van der Waals surface area contributed by atoms with Crippen LogP contribution in [-0.4, -0.2) is 28.4 Å². The summed E-state index contributed by atoms with van der Waals surface area (Å²) >= 11 is 0. The minimum Gasteiger partial charge on any atom is -0.481 e. The molecule has 0 heterocycles. The molecule has 0 saturated carbocycles. The lowest BCUT2D eigenvalue weighted by molar-refractivity contribution is -0.169. The molecular weight excluding hydrogens is 260 g/mol. The summed E-state index contributed by atoms with van der Waals surface area (Å²) in [6.45, 7) is 6.50. The zero-order chi connectivity index (χ0) is 15.6. The van der Waals surface area contributed by atoms with E-state index in [9.17, 15) is 14.7 Å². The summed E-state index contributed by atoms with van der Waals surface area (Å²) in [5.41, 5.74) is 0.284. The molecule has 5 heteroatoms. The lowest BCUT2D eigenvalue weighted by Crippen LogP contribution is -2.17. The van der Waals surface area contributed by atoms with Gasteiger partial charge in [-0.15, -0.1) is 0 Å². The molecule has 0 saturated heterocycles. The van der Waals surface area contributed by atoms with Crippen LogP contribution in [-0.2, 0) is 14.3 Å². The number of esters is 1. The van der Waals surface area contributed by atoms with Crippen molar-refractivity contribution in [2.45, 2.75) is 78.4 Å². The van der Waals surface area contributed by atoms with Crippen molar-refractivity contribution in [1.82, 2.24) is 0 Å². The Morgan fingerprint density at radius 1 is 1.05 bits per heavy atom. The molecular formula is C15H28O5. The maximum Gasteiger partial charge on any atom is 0.308 e. The number of rotatable bonds is 10. The number of unbranched alkanes of at least 4 members (excludes halogenated alkanes) is 2. The normalized spacial score (nSPS) is 13.0. The molecule has 2 N–H and O–H groups in total. The highest BCUT2D eigenvalue weighted by atomic mass is 16.6. The number of hydrogen-bond donors (Lipinski definition) is 2. The zero-order valence-electron chi connectivity index (χ0n) is 12.9. The number of hydrogen-bond acceptors (Lipinski definition) is 4. The molecule has 118 valence electrons. The van der Waals surface area contributed by atoms with E-state index in [0.717, 1.165) is 19.3 Å². The maximum absolute atomic E-state index is 11.4. The number of aliphatic hydroxyl groups is 1. The summed E-state index contributed by atoms with van der Waals surface area (Å²) in [4.78, 5) is 21.6. The molecule has 0 amide bonds. The van der Waals surface area contributed by atoms with Crippen LogP contribution in [0.25, 0.3) is 0 Å². The molecule has 1 atom stereocenters. The van der Waals surface area contributed by atoms with Gasteiger partial charge in [-0.25, -0.2) is 0 Å². The minimum atomic E-state index is -1.04. The molecule has 0 aliphatic heterocycles. The predicted octanol–water partition coefficient (Wildman–Crippen LogP) is 3.10. The summed E-state index contributed by atoms with van der Waals surface area (Å²) in [6.07, 6.45) is 3.45. The summed E-state index contributed by atoms with van der Waals surface area (Å²) < 4.78 is 4.86. The molecule has 0 aliphatic rings. The van der Waals surface area contributed by atoms with Crippen molar-refractivity contribution >= 4 is 11.9 Å². The Labute approximate surface area is 121 Å². The highest BCUT2D eigenvalue weighted by Gasteiger charge is 2.13. The largest absolute Gasteiger partial charge is 0.481 e. The fourth-order valence-electron chi connectivity index (χ4n) is 1.79. The van der Waals surface area contributed by atoms with Gasteiger partial charge in [0.05, 0.1) is 0 Å². The molecule has 0 aliphatic carbocycles. The Balaban J connectivity index is 3.57. The van der Waals surface area contributed by atoms with E-state index >= 15 is 0 Å². The molecule has 0 aromatic carbocycles. The van der Waals surface area contributed by atoms with Gasteiger partial charge in [0.15, 0.2) is 0 Å².